The summed E-state index contributed by atoms with van der Waals surface area (Å²) in [5, 5.41) is 3.07. The summed E-state index contributed by atoms with van der Waals surface area (Å²) in [6.45, 7) is 4.01. The molecule has 1 saturated heterocycles. The van der Waals surface area contributed by atoms with E-state index >= 15 is 0 Å². The molecule has 0 saturated carbocycles. The normalized spacial score (nSPS) is 16.4. The zero-order chi connectivity index (χ0) is 13.7. The first-order valence-corrected chi connectivity index (χ1v) is 6.61. The number of amides is 1. The van der Waals surface area contributed by atoms with Crippen LogP contribution >= 0.6 is 0 Å². The Hall–Kier alpha value is -1.62. The van der Waals surface area contributed by atoms with Gasteiger partial charge in [0.05, 0.1) is 0 Å². The lowest BCUT2D eigenvalue weighted by atomic mass is 10.2. The van der Waals surface area contributed by atoms with Crippen molar-refractivity contribution < 1.29 is 9.18 Å². The van der Waals surface area contributed by atoms with E-state index in [1.807, 2.05) is 4.90 Å². The Balaban J connectivity index is 1.72. The van der Waals surface area contributed by atoms with Gasteiger partial charge in [0.2, 0.25) is 5.91 Å². The van der Waals surface area contributed by atoms with Gasteiger partial charge in [0.25, 0.3) is 0 Å². The van der Waals surface area contributed by atoms with Crippen LogP contribution in [0, 0.1) is 5.82 Å². The van der Waals surface area contributed by atoms with E-state index in [1.54, 1.807) is 12.1 Å². The Bertz CT molecular complexity index is 430. The highest BCUT2D eigenvalue weighted by Gasteiger charge is 2.18. The Kier molecular flexibility index (Phi) is 4.74. The fourth-order valence-corrected chi connectivity index (χ4v) is 2.13. The second-order valence-corrected chi connectivity index (χ2v) is 4.87. The molecule has 1 N–H and O–H groups in total. The molecular weight excluding hydrogens is 245 g/mol. The van der Waals surface area contributed by atoms with Gasteiger partial charge in [-0.1, -0.05) is 6.07 Å². The van der Waals surface area contributed by atoms with Crippen LogP contribution in [0.3, 0.4) is 0 Å². The Labute approximate surface area is 113 Å². The van der Waals surface area contributed by atoms with Gasteiger partial charge in [-0.15, -0.1) is 0 Å². The summed E-state index contributed by atoms with van der Waals surface area (Å²) in [5.74, 6) is -0.104. The van der Waals surface area contributed by atoms with Crippen molar-refractivity contribution in [2.24, 2.45) is 0 Å². The number of benzene rings is 1. The molecule has 0 radical (unpaired) electrons. The smallest absolute Gasteiger partial charge is 0.224 e. The molecule has 4 nitrogen and oxygen atoms in total. The van der Waals surface area contributed by atoms with E-state index in [2.05, 4.69) is 17.3 Å². The average molecular weight is 265 g/mol. The molecule has 1 heterocycles. The third kappa shape index (κ3) is 4.21. The number of hydrogen-bond donors (Lipinski definition) is 1. The highest BCUT2D eigenvalue weighted by molar-refractivity contribution is 5.76. The predicted octanol–water partition coefficient (Wildman–Crippen LogP) is 1.40. The third-order valence-corrected chi connectivity index (χ3v) is 3.35. The van der Waals surface area contributed by atoms with Crippen molar-refractivity contribution in [1.82, 2.24) is 9.80 Å². The SMILES string of the molecule is CN1CCN(C(=O)CCNc2cccc(F)c2)CC1. The molecule has 0 aliphatic carbocycles. The lowest BCUT2D eigenvalue weighted by Crippen LogP contribution is -2.47. The topological polar surface area (TPSA) is 35.6 Å². The van der Waals surface area contributed by atoms with Crippen molar-refractivity contribution in [1.29, 1.82) is 0 Å². The maximum atomic E-state index is 13.0. The molecule has 1 aromatic rings. The lowest BCUT2D eigenvalue weighted by Gasteiger charge is -2.32. The van der Waals surface area contributed by atoms with E-state index in [0.29, 0.717) is 18.7 Å². The minimum Gasteiger partial charge on any atom is -0.384 e. The molecule has 19 heavy (non-hydrogen) atoms. The van der Waals surface area contributed by atoms with Crippen molar-refractivity contribution >= 4 is 11.6 Å². The standard InChI is InChI=1S/C14H20FN3O/c1-17-7-9-18(10-8-17)14(19)5-6-16-13-4-2-3-12(15)11-13/h2-4,11,16H,5-10H2,1H3. The van der Waals surface area contributed by atoms with Crippen molar-refractivity contribution in [3.8, 4) is 0 Å². The molecule has 1 aromatic carbocycles. The number of carbonyl (C=O) groups is 1. The number of piperazine rings is 1. The lowest BCUT2D eigenvalue weighted by molar-refractivity contribution is -0.132. The Morgan fingerprint density at radius 2 is 2.05 bits per heavy atom. The van der Waals surface area contributed by atoms with Gasteiger partial charge >= 0.3 is 0 Å². The minimum absolute atomic E-state index is 0.164. The minimum atomic E-state index is -0.268. The maximum Gasteiger partial charge on any atom is 0.224 e. The fourth-order valence-electron chi connectivity index (χ4n) is 2.13. The summed E-state index contributed by atoms with van der Waals surface area (Å²) in [7, 11) is 2.06. The first-order valence-electron chi connectivity index (χ1n) is 6.61. The van der Waals surface area contributed by atoms with Gasteiger partial charge in [0.15, 0.2) is 0 Å². The zero-order valence-corrected chi connectivity index (χ0v) is 11.2. The van der Waals surface area contributed by atoms with Crippen LogP contribution in [0.2, 0.25) is 0 Å². The van der Waals surface area contributed by atoms with Gasteiger partial charge in [-0.25, -0.2) is 4.39 Å². The second-order valence-electron chi connectivity index (χ2n) is 4.87. The van der Waals surface area contributed by atoms with Crippen molar-refractivity contribution in [3.63, 3.8) is 0 Å². The molecule has 0 spiro atoms. The summed E-state index contributed by atoms with van der Waals surface area (Å²) < 4.78 is 13.0. The summed E-state index contributed by atoms with van der Waals surface area (Å²) in [4.78, 5) is 16.1. The molecular formula is C14H20FN3O. The van der Waals surface area contributed by atoms with Gasteiger partial charge in [0.1, 0.15) is 5.82 Å². The number of hydrogen-bond acceptors (Lipinski definition) is 3. The number of rotatable bonds is 4. The molecule has 1 aliphatic rings. The average Bonchev–Trinajstić information content (AvgIpc) is 2.39. The van der Waals surface area contributed by atoms with E-state index in [1.165, 1.54) is 12.1 Å². The molecule has 0 unspecified atom stereocenters. The van der Waals surface area contributed by atoms with Crippen LogP contribution in [0.5, 0.6) is 0 Å². The number of nitrogens with zero attached hydrogens (tertiary/aromatic N) is 2. The molecule has 5 heteroatoms. The number of halogens is 1. The first kappa shape index (κ1) is 13.8. The predicted molar refractivity (Wildman–Crippen MR) is 73.6 cm³/mol. The van der Waals surface area contributed by atoms with E-state index < -0.39 is 0 Å². The van der Waals surface area contributed by atoms with Gasteiger partial charge in [0, 0.05) is 44.8 Å². The first-order chi connectivity index (χ1) is 9.15. The van der Waals surface area contributed by atoms with Gasteiger partial charge in [-0.2, -0.15) is 0 Å². The molecule has 104 valence electrons. The summed E-state index contributed by atoms with van der Waals surface area (Å²) in [6.07, 6.45) is 0.445. The van der Waals surface area contributed by atoms with Crippen LogP contribution in [0.15, 0.2) is 24.3 Å². The van der Waals surface area contributed by atoms with E-state index in [-0.39, 0.29) is 11.7 Å². The number of nitrogens with one attached hydrogen (secondary N) is 1. The van der Waals surface area contributed by atoms with Crippen LogP contribution < -0.4 is 5.32 Å². The Morgan fingerprint density at radius 1 is 1.32 bits per heavy atom. The van der Waals surface area contributed by atoms with Crippen LogP contribution in [0.4, 0.5) is 10.1 Å². The van der Waals surface area contributed by atoms with E-state index in [9.17, 15) is 9.18 Å². The van der Waals surface area contributed by atoms with E-state index in [4.69, 9.17) is 0 Å². The third-order valence-electron chi connectivity index (χ3n) is 3.35. The van der Waals surface area contributed by atoms with Gasteiger partial charge in [-0.3, -0.25) is 4.79 Å². The number of likely N-dealkylation sites (N-methyl/N-ethyl adjacent to an activating group) is 1. The second kappa shape index (κ2) is 6.52. The van der Waals surface area contributed by atoms with Crippen molar-refractivity contribution in [3.05, 3.63) is 30.1 Å². The van der Waals surface area contributed by atoms with E-state index in [0.717, 1.165) is 26.2 Å². The van der Waals surface area contributed by atoms with Crippen molar-refractivity contribution in [2.45, 2.75) is 6.42 Å². The molecule has 2 rings (SSSR count). The number of anilines is 1. The molecule has 1 aliphatic heterocycles. The van der Waals surface area contributed by atoms with Gasteiger partial charge < -0.3 is 15.1 Å². The monoisotopic (exact) mass is 265 g/mol. The van der Waals surface area contributed by atoms with Crippen LogP contribution in [0.25, 0.3) is 0 Å². The fraction of sp³-hybridized carbons (Fsp3) is 0.500. The summed E-state index contributed by atoms with van der Waals surface area (Å²) in [5.41, 5.74) is 0.714. The Morgan fingerprint density at radius 3 is 2.74 bits per heavy atom. The largest absolute Gasteiger partial charge is 0.384 e. The molecule has 0 bridgehead atoms. The maximum absolute atomic E-state index is 13.0. The molecule has 0 aromatic heterocycles. The van der Waals surface area contributed by atoms with Crippen LogP contribution in [0.1, 0.15) is 6.42 Å². The number of carbonyl (C=O) groups excluding carboxylic acids is 1. The summed E-state index contributed by atoms with van der Waals surface area (Å²) in [6, 6.07) is 6.28. The van der Waals surface area contributed by atoms with Gasteiger partial charge in [-0.05, 0) is 25.2 Å². The van der Waals surface area contributed by atoms with Crippen LogP contribution in [-0.2, 0) is 4.79 Å². The molecule has 1 fully saturated rings. The zero-order valence-electron chi connectivity index (χ0n) is 11.2. The highest BCUT2D eigenvalue weighted by Crippen LogP contribution is 2.09. The quantitative estimate of drug-likeness (QED) is 0.894. The van der Waals surface area contributed by atoms with Crippen molar-refractivity contribution in [2.75, 3.05) is 45.1 Å². The summed E-state index contributed by atoms with van der Waals surface area (Å²) >= 11 is 0. The molecule has 0 atom stereocenters. The highest BCUT2D eigenvalue weighted by atomic mass is 19.1. The van der Waals surface area contributed by atoms with Crippen LogP contribution in [-0.4, -0.2) is 55.5 Å². The molecule has 1 amide bonds.